The molecule has 0 aromatic heterocycles. The van der Waals surface area contributed by atoms with Crippen LogP contribution in [0.4, 0.5) is 0 Å². The van der Waals surface area contributed by atoms with E-state index < -0.39 is 0 Å². The number of carbonyl (C=O) groups is 1. The third-order valence-electron chi connectivity index (χ3n) is 5.67. The van der Waals surface area contributed by atoms with E-state index in [1.807, 2.05) is 6.07 Å². The van der Waals surface area contributed by atoms with E-state index in [-0.39, 0.29) is 12.0 Å². The Kier molecular flexibility index (Phi) is 3.68. The van der Waals surface area contributed by atoms with Gasteiger partial charge in [-0.2, -0.15) is 0 Å². The van der Waals surface area contributed by atoms with Crippen molar-refractivity contribution in [3.05, 3.63) is 23.3 Å². The molecule has 0 unspecified atom stereocenters. The van der Waals surface area contributed by atoms with Gasteiger partial charge in [-0.05, 0) is 43.9 Å². The molecule has 23 heavy (non-hydrogen) atoms. The second-order valence-corrected chi connectivity index (χ2v) is 6.72. The fraction of sp³-hybridized carbons (Fsp3) is 0.611. The quantitative estimate of drug-likeness (QED) is 0.905. The van der Waals surface area contributed by atoms with Crippen molar-refractivity contribution >= 4 is 5.91 Å². The monoisotopic (exact) mass is 316 g/mol. The third kappa shape index (κ3) is 2.21. The van der Waals surface area contributed by atoms with Crippen LogP contribution >= 0.6 is 0 Å². The number of ether oxygens (including phenoxy) is 2. The molecule has 2 saturated heterocycles. The molecule has 0 bridgehead atoms. The summed E-state index contributed by atoms with van der Waals surface area (Å²) in [7, 11) is 3.35. The molecule has 1 amide bonds. The molecule has 1 aromatic carbocycles. The summed E-state index contributed by atoms with van der Waals surface area (Å²) in [6, 6.07) is 4.49. The van der Waals surface area contributed by atoms with E-state index in [2.05, 4.69) is 16.3 Å². The Morgan fingerprint density at radius 3 is 2.91 bits per heavy atom. The van der Waals surface area contributed by atoms with E-state index in [0.29, 0.717) is 11.9 Å². The number of amides is 1. The SMILES string of the molecule is COc1ccc2c(c1OC)[C@@H]1C[C@@H]3NCCC[C@@H]3C(=O)N1CC2. The highest BCUT2D eigenvalue weighted by Gasteiger charge is 2.46. The van der Waals surface area contributed by atoms with E-state index in [4.69, 9.17) is 9.47 Å². The lowest BCUT2D eigenvalue weighted by molar-refractivity contribution is -0.145. The number of benzene rings is 1. The number of hydrogen-bond donors (Lipinski definition) is 1. The van der Waals surface area contributed by atoms with E-state index in [1.54, 1.807) is 14.2 Å². The molecule has 3 aliphatic rings. The Balaban J connectivity index is 1.78. The van der Waals surface area contributed by atoms with Crippen LogP contribution in [0.3, 0.4) is 0 Å². The highest BCUT2D eigenvalue weighted by molar-refractivity contribution is 5.82. The van der Waals surface area contributed by atoms with Crippen LogP contribution in [0, 0.1) is 5.92 Å². The summed E-state index contributed by atoms with van der Waals surface area (Å²) in [6.07, 6.45) is 3.97. The minimum atomic E-state index is 0.100. The minimum Gasteiger partial charge on any atom is -0.493 e. The first-order chi connectivity index (χ1) is 11.2. The molecule has 3 heterocycles. The summed E-state index contributed by atoms with van der Waals surface area (Å²) < 4.78 is 11.1. The van der Waals surface area contributed by atoms with E-state index >= 15 is 0 Å². The van der Waals surface area contributed by atoms with Crippen LogP contribution in [0.25, 0.3) is 0 Å². The fourth-order valence-corrected chi connectivity index (χ4v) is 4.59. The zero-order valence-electron chi connectivity index (χ0n) is 13.8. The molecule has 0 saturated carbocycles. The predicted octanol–water partition coefficient (Wildman–Crippen LogP) is 1.90. The van der Waals surface area contributed by atoms with Gasteiger partial charge in [0.2, 0.25) is 5.91 Å². The number of nitrogens with one attached hydrogen (secondary N) is 1. The minimum absolute atomic E-state index is 0.100. The van der Waals surface area contributed by atoms with Crippen molar-refractivity contribution in [3.63, 3.8) is 0 Å². The van der Waals surface area contributed by atoms with Crippen LogP contribution in [-0.4, -0.2) is 44.2 Å². The maximum atomic E-state index is 13.0. The van der Waals surface area contributed by atoms with Gasteiger partial charge in [0.25, 0.3) is 0 Å². The van der Waals surface area contributed by atoms with Crippen molar-refractivity contribution in [2.75, 3.05) is 27.3 Å². The zero-order valence-corrected chi connectivity index (χ0v) is 13.8. The number of nitrogens with zero attached hydrogens (tertiary/aromatic N) is 1. The summed E-state index contributed by atoms with van der Waals surface area (Å²) >= 11 is 0. The van der Waals surface area contributed by atoms with Crippen LogP contribution in [-0.2, 0) is 11.2 Å². The standard InChI is InChI=1S/C18H24N2O3/c1-22-15-6-5-11-7-9-20-14(16(11)17(15)23-2)10-13-12(18(20)21)4-3-8-19-13/h5-6,12-14,19H,3-4,7-10H2,1-2H3/t12-,13-,14-/m0/s1. The second-order valence-electron chi connectivity index (χ2n) is 6.72. The third-order valence-corrected chi connectivity index (χ3v) is 5.67. The summed E-state index contributed by atoms with van der Waals surface area (Å²) in [5, 5.41) is 3.56. The molecule has 0 spiro atoms. The van der Waals surface area contributed by atoms with Gasteiger partial charge in [-0.15, -0.1) is 0 Å². The van der Waals surface area contributed by atoms with Gasteiger partial charge in [0.05, 0.1) is 26.2 Å². The number of piperidine rings is 2. The average molecular weight is 316 g/mol. The molecule has 0 radical (unpaired) electrons. The van der Waals surface area contributed by atoms with Gasteiger partial charge >= 0.3 is 0 Å². The van der Waals surface area contributed by atoms with Crippen LogP contribution in [0.2, 0.25) is 0 Å². The highest BCUT2D eigenvalue weighted by Crippen LogP contribution is 2.47. The number of rotatable bonds is 2. The second kappa shape index (κ2) is 5.71. The Labute approximate surface area is 136 Å². The zero-order chi connectivity index (χ0) is 16.0. The summed E-state index contributed by atoms with van der Waals surface area (Å²) in [5.41, 5.74) is 2.43. The predicted molar refractivity (Wildman–Crippen MR) is 86.8 cm³/mol. The summed E-state index contributed by atoms with van der Waals surface area (Å²) in [4.78, 5) is 15.1. The molecule has 3 aliphatic heterocycles. The number of carbonyl (C=O) groups excluding carboxylic acids is 1. The molecular weight excluding hydrogens is 292 g/mol. The first-order valence-corrected chi connectivity index (χ1v) is 8.52. The van der Waals surface area contributed by atoms with Crippen LogP contribution in [0.15, 0.2) is 12.1 Å². The average Bonchev–Trinajstić information content (AvgIpc) is 2.60. The Morgan fingerprint density at radius 2 is 2.13 bits per heavy atom. The Bertz CT molecular complexity index is 631. The summed E-state index contributed by atoms with van der Waals surface area (Å²) in [5.74, 6) is 2.01. The molecule has 5 heteroatoms. The van der Waals surface area contributed by atoms with Gasteiger partial charge in [-0.3, -0.25) is 4.79 Å². The topological polar surface area (TPSA) is 50.8 Å². The van der Waals surface area contributed by atoms with Gasteiger partial charge in [-0.1, -0.05) is 6.07 Å². The fourth-order valence-electron chi connectivity index (χ4n) is 4.59. The highest BCUT2D eigenvalue weighted by atomic mass is 16.5. The summed E-state index contributed by atoms with van der Waals surface area (Å²) in [6.45, 7) is 1.83. The van der Waals surface area contributed by atoms with E-state index in [0.717, 1.165) is 55.8 Å². The maximum absolute atomic E-state index is 13.0. The van der Waals surface area contributed by atoms with Crippen molar-refractivity contribution in [3.8, 4) is 11.5 Å². The number of hydrogen-bond acceptors (Lipinski definition) is 4. The first kappa shape index (κ1) is 14.8. The Hall–Kier alpha value is -1.75. The van der Waals surface area contributed by atoms with Crippen molar-refractivity contribution < 1.29 is 14.3 Å². The van der Waals surface area contributed by atoms with Gasteiger partial charge in [0, 0.05) is 18.2 Å². The molecular formula is C18H24N2O3. The molecule has 0 aliphatic carbocycles. The lowest BCUT2D eigenvalue weighted by Crippen LogP contribution is -2.57. The first-order valence-electron chi connectivity index (χ1n) is 8.52. The van der Waals surface area contributed by atoms with E-state index in [1.165, 1.54) is 5.56 Å². The largest absolute Gasteiger partial charge is 0.493 e. The van der Waals surface area contributed by atoms with Gasteiger partial charge in [0.1, 0.15) is 0 Å². The van der Waals surface area contributed by atoms with Crippen LogP contribution in [0.1, 0.15) is 36.4 Å². The molecule has 1 N–H and O–H groups in total. The van der Waals surface area contributed by atoms with Gasteiger partial charge < -0.3 is 19.7 Å². The smallest absolute Gasteiger partial charge is 0.227 e. The van der Waals surface area contributed by atoms with E-state index in [9.17, 15) is 4.79 Å². The van der Waals surface area contributed by atoms with Gasteiger partial charge in [-0.25, -0.2) is 0 Å². The van der Waals surface area contributed by atoms with Crippen molar-refractivity contribution in [2.45, 2.75) is 37.8 Å². The maximum Gasteiger partial charge on any atom is 0.227 e. The van der Waals surface area contributed by atoms with Crippen LogP contribution in [0.5, 0.6) is 11.5 Å². The van der Waals surface area contributed by atoms with Crippen molar-refractivity contribution in [2.24, 2.45) is 5.92 Å². The van der Waals surface area contributed by atoms with Crippen molar-refractivity contribution in [1.29, 1.82) is 0 Å². The molecule has 5 nitrogen and oxygen atoms in total. The molecule has 124 valence electrons. The Morgan fingerprint density at radius 1 is 1.26 bits per heavy atom. The molecule has 1 aromatic rings. The normalized spacial score (nSPS) is 29.4. The number of fused-ring (bicyclic) bond motifs is 4. The van der Waals surface area contributed by atoms with Crippen LogP contribution < -0.4 is 14.8 Å². The number of methoxy groups -OCH3 is 2. The molecule has 2 fully saturated rings. The van der Waals surface area contributed by atoms with Crippen molar-refractivity contribution in [1.82, 2.24) is 10.2 Å². The molecule has 4 rings (SSSR count). The lowest BCUT2D eigenvalue weighted by atomic mass is 9.76. The molecule has 3 atom stereocenters. The van der Waals surface area contributed by atoms with Gasteiger partial charge in [0.15, 0.2) is 11.5 Å². The lowest BCUT2D eigenvalue weighted by Gasteiger charge is -2.48.